The molecule has 4 N–H and O–H groups in total. The van der Waals surface area contributed by atoms with Crippen molar-refractivity contribution in [1.82, 2.24) is 21.3 Å². The first-order chi connectivity index (χ1) is 55.0. The SMILES string of the molecule is C1CCNCC1.C1CCNCC1.CC(=NCCNCCN=C(C)c1ccccc1[O-])c1ccccc1[O-].CC(=NCCNCCN=C(C)c1ccccc1[O-])c1ccccc1[O-].[Co+3].[Co+3].c1ccc([B-](c2ccccc2)(c2ccccc2)c2ccccc2)cc1.c1ccc([B-](c2ccccc2)(c2ccccc2)c2ccccc2)cc1. The first-order valence-corrected chi connectivity index (χ1v) is 39.7. The summed E-state index contributed by atoms with van der Waals surface area (Å²) in [5.74, 6) is 0.000652. The van der Waals surface area contributed by atoms with Crippen LogP contribution in [0, 0.1) is 0 Å². The average Bonchev–Trinajstić information content (AvgIpc) is 0.744. The van der Waals surface area contributed by atoms with E-state index in [1.807, 2.05) is 52.0 Å². The fourth-order valence-corrected chi connectivity index (χ4v) is 14.7. The molecule has 14 rings (SSSR count). The normalized spacial score (nSPS) is 12.9. The topological polar surface area (TPSA) is 190 Å². The van der Waals surface area contributed by atoms with Crippen LogP contribution in [-0.4, -0.2) is 114 Å². The molecule has 2 aliphatic heterocycles. The zero-order chi connectivity index (χ0) is 78.5. The van der Waals surface area contributed by atoms with Crippen LogP contribution in [0.1, 0.15) is 88.5 Å². The maximum atomic E-state index is 11.7. The molecule has 0 aliphatic carbocycles. The van der Waals surface area contributed by atoms with E-state index in [4.69, 9.17) is 0 Å². The molecule has 12 nitrogen and oxygen atoms in total. The monoisotopic (exact) mass is 1600 g/mol. The van der Waals surface area contributed by atoms with E-state index in [-0.39, 0.29) is 56.6 Å². The van der Waals surface area contributed by atoms with Gasteiger partial charge in [0.15, 0.2) is 0 Å². The number of piperidine rings is 2. The standard InChI is InChI=1S/2C24H20B.2C20H25N3O2.2C5H11N.2Co/c2*1-5-13-21(14-6-1)25(22-15-7-2-8-16-22,23-17-9-3-10-18-23)24-19-11-4-12-20-24;2*1-15(17-7-3-5-9-19(17)24)22-13-11-21-12-14-23-16(2)18-8-4-6-10-20(18)25;2*1-2-4-6-5-3-1;;/h2*1-20H;2*3-10,21,24-25H,11-14H2,1-2H3;2*6H,1-5H2;;/q2*-1;;;;;2*+3/p-4. The van der Waals surface area contributed by atoms with Crippen LogP contribution in [-0.2, 0) is 33.6 Å². The first-order valence-electron chi connectivity index (χ1n) is 39.7. The summed E-state index contributed by atoms with van der Waals surface area (Å²) in [4.78, 5) is 17.7. The van der Waals surface area contributed by atoms with Crippen LogP contribution in [0.15, 0.2) is 360 Å². The van der Waals surface area contributed by atoms with Gasteiger partial charge in [-0.05, 0) is 102 Å². The van der Waals surface area contributed by atoms with Crippen LogP contribution in [0.2, 0.25) is 0 Å². The molecule has 0 amide bonds. The molecule has 0 bridgehead atoms. The molecular formula is C98H108B2Co2N8O4. The minimum atomic E-state index is -1.22. The Hall–Kier alpha value is -10.5. The quantitative estimate of drug-likeness (QED) is 0.0261. The summed E-state index contributed by atoms with van der Waals surface area (Å²) < 4.78 is 0. The summed E-state index contributed by atoms with van der Waals surface area (Å²) >= 11 is 0. The number of aliphatic imine (C=N–C) groups is 4. The van der Waals surface area contributed by atoms with Crippen molar-refractivity contribution in [3.8, 4) is 23.0 Å². The Morgan fingerprint density at radius 2 is 0.404 bits per heavy atom. The number of nitrogens with one attached hydrogen (secondary N) is 4. The minimum absolute atomic E-state index is 0. The van der Waals surface area contributed by atoms with Crippen LogP contribution in [0.4, 0.5) is 0 Å². The zero-order valence-electron chi connectivity index (χ0n) is 66.3. The molecular weight excluding hydrogens is 1490 g/mol. The van der Waals surface area contributed by atoms with Gasteiger partial charge in [0, 0.05) is 49.0 Å². The number of hydrogen-bond donors (Lipinski definition) is 4. The van der Waals surface area contributed by atoms with Crippen molar-refractivity contribution in [2.75, 3.05) is 78.5 Å². The summed E-state index contributed by atoms with van der Waals surface area (Å²) in [6, 6.07) is 115. The van der Waals surface area contributed by atoms with Gasteiger partial charge in [-0.1, -0.05) is 376 Å². The van der Waals surface area contributed by atoms with Crippen LogP contribution in [0.25, 0.3) is 0 Å². The maximum Gasteiger partial charge on any atom is 3.00 e. The fraction of sp³-hybridized carbons (Fsp3) is 0.224. The molecule has 0 unspecified atom stereocenters. The van der Waals surface area contributed by atoms with E-state index in [0.717, 1.165) is 22.8 Å². The van der Waals surface area contributed by atoms with Crippen molar-refractivity contribution >= 4 is 78.8 Å². The molecule has 16 heteroatoms. The van der Waals surface area contributed by atoms with E-state index < -0.39 is 12.3 Å². The summed E-state index contributed by atoms with van der Waals surface area (Å²) in [6.45, 7) is 17.7. The van der Waals surface area contributed by atoms with E-state index in [1.165, 1.54) is 108 Å². The number of nitrogens with zero attached hydrogens (tertiary/aromatic N) is 4. The van der Waals surface area contributed by atoms with Crippen LogP contribution in [0.5, 0.6) is 23.0 Å². The molecule has 0 aromatic heterocycles. The summed E-state index contributed by atoms with van der Waals surface area (Å²) in [5, 5.41) is 59.9. The van der Waals surface area contributed by atoms with Gasteiger partial charge in [-0.25, -0.2) is 0 Å². The van der Waals surface area contributed by atoms with Gasteiger partial charge in [-0.2, -0.15) is 43.7 Å². The molecule has 2 heterocycles. The van der Waals surface area contributed by atoms with Gasteiger partial charge in [0.25, 0.3) is 0 Å². The van der Waals surface area contributed by atoms with Crippen molar-refractivity contribution in [1.29, 1.82) is 0 Å². The number of para-hydroxylation sites is 4. The number of rotatable bonds is 24. The molecule has 2 aliphatic rings. The van der Waals surface area contributed by atoms with Gasteiger partial charge in [0.2, 0.25) is 0 Å². The minimum Gasteiger partial charge on any atom is -0.872 e. The van der Waals surface area contributed by atoms with Crippen molar-refractivity contribution in [2.24, 2.45) is 20.0 Å². The molecule has 0 atom stereocenters. The molecule has 12 aromatic carbocycles. The zero-order valence-corrected chi connectivity index (χ0v) is 68.4. The third-order valence-corrected chi connectivity index (χ3v) is 20.5. The summed E-state index contributed by atoms with van der Waals surface area (Å²) in [5.41, 5.74) is 16.4. The molecule has 0 spiro atoms. The van der Waals surface area contributed by atoms with Crippen LogP contribution < -0.4 is 85.4 Å². The molecule has 2 saturated heterocycles. The Morgan fingerprint density at radius 1 is 0.246 bits per heavy atom. The Kier molecular flexibility index (Phi) is 40.8. The first kappa shape index (κ1) is 90.7. The number of benzene rings is 12. The third-order valence-electron chi connectivity index (χ3n) is 20.5. The second kappa shape index (κ2) is 51.3. The molecule has 114 heavy (non-hydrogen) atoms. The maximum absolute atomic E-state index is 11.7. The van der Waals surface area contributed by atoms with E-state index >= 15 is 0 Å². The van der Waals surface area contributed by atoms with Gasteiger partial charge in [0.1, 0.15) is 12.3 Å². The van der Waals surface area contributed by atoms with E-state index in [1.54, 1.807) is 72.8 Å². The van der Waals surface area contributed by atoms with Gasteiger partial charge in [-0.3, -0.25) is 20.0 Å². The largest absolute Gasteiger partial charge is 3.00 e. The molecule has 0 radical (unpaired) electrons. The third kappa shape index (κ3) is 27.4. The molecule has 2 fully saturated rings. The second-order valence-electron chi connectivity index (χ2n) is 28.0. The van der Waals surface area contributed by atoms with Gasteiger partial charge >= 0.3 is 33.6 Å². The Bertz CT molecular complexity index is 3980. The van der Waals surface area contributed by atoms with E-state index in [2.05, 4.69) is 284 Å². The van der Waals surface area contributed by atoms with Crippen LogP contribution in [0.3, 0.4) is 0 Å². The Labute approximate surface area is 698 Å². The molecule has 0 saturated carbocycles. The predicted octanol–water partition coefficient (Wildman–Crippen LogP) is 11.1. The Morgan fingerprint density at radius 3 is 0.544 bits per heavy atom. The summed E-state index contributed by atoms with van der Waals surface area (Å²) in [6.07, 6.45) is 6.00. The van der Waals surface area contributed by atoms with Crippen LogP contribution >= 0.6 is 0 Å². The van der Waals surface area contributed by atoms with Crippen molar-refractivity contribution < 1.29 is 54.0 Å². The second-order valence-corrected chi connectivity index (χ2v) is 28.0. The van der Waals surface area contributed by atoms with Crippen molar-refractivity contribution in [3.05, 3.63) is 362 Å². The average molecular weight is 1600 g/mol. The fourth-order valence-electron chi connectivity index (χ4n) is 14.7. The van der Waals surface area contributed by atoms with E-state index in [0.29, 0.717) is 74.6 Å². The number of hydrogen-bond acceptors (Lipinski definition) is 12. The Balaban J connectivity index is 0.000000199. The van der Waals surface area contributed by atoms with Crippen molar-refractivity contribution in [3.63, 3.8) is 0 Å². The predicted molar refractivity (Wildman–Crippen MR) is 471 cm³/mol. The van der Waals surface area contributed by atoms with Gasteiger partial charge < -0.3 is 41.7 Å². The van der Waals surface area contributed by atoms with Gasteiger partial charge in [0.05, 0.1) is 26.2 Å². The van der Waals surface area contributed by atoms with Gasteiger partial charge in [-0.15, -0.1) is 0 Å². The van der Waals surface area contributed by atoms with Crippen molar-refractivity contribution in [2.45, 2.75) is 66.2 Å². The smallest absolute Gasteiger partial charge is 0.872 e. The molecule has 588 valence electrons. The summed E-state index contributed by atoms with van der Waals surface area (Å²) in [7, 11) is 0. The molecule has 12 aromatic rings. The van der Waals surface area contributed by atoms with E-state index in [9.17, 15) is 20.4 Å².